The van der Waals surface area contributed by atoms with Gasteiger partial charge in [0, 0.05) is 19.5 Å². The number of nitrogens with two attached hydrogens (primary N) is 1. The van der Waals surface area contributed by atoms with Crippen LogP contribution in [0.2, 0.25) is 0 Å². The first-order valence-corrected chi connectivity index (χ1v) is 11.0. The first kappa shape index (κ1) is 21.9. The Balaban J connectivity index is 1.49. The number of likely N-dealkylation sites (tertiary alicyclic amines) is 1. The Labute approximate surface area is 187 Å². The van der Waals surface area contributed by atoms with Crippen molar-refractivity contribution in [2.45, 2.75) is 38.1 Å². The molecule has 2 heterocycles. The Bertz CT molecular complexity index is 1000. The van der Waals surface area contributed by atoms with E-state index in [9.17, 15) is 14.4 Å². The number of carbonyl (C=O) groups is 3. The number of hydrogen-bond donors (Lipinski definition) is 2. The lowest BCUT2D eigenvalue weighted by atomic mass is 9.74. The summed E-state index contributed by atoms with van der Waals surface area (Å²) in [5.41, 5.74) is 8.22. The van der Waals surface area contributed by atoms with Gasteiger partial charge in [-0.2, -0.15) is 0 Å². The molecule has 2 saturated heterocycles. The number of primary amides is 1. The van der Waals surface area contributed by atoms with Gasteiger partial charge in [0.2, 0.25) is 17.7 Å². The van der Waals surface area contributed by atoms with Crippen LogP contribution in [0.1, 0.15) is 31.2 Å². The smallest absolute Gasteiger partial charge is 0.245 e. The lowest BCUT2D eigenvalue weighted by molar-refractivity contribution is -0.142. The zero-order valence-corrected chi connectivity index (χ0v) is 18.3. The van der Waals surface area contributed by atoms with Gasteiger partial charge >= 0.3 is 0 Å². The lowest BCUT2D eigenvalue weighted by Crippen LogP contribution is -2.56. The van der Waals surface area contributed by atoms with Crippen molar-refractivity contribution in [2.75, 3.05) is 20.2 Å². The Morgan fingerprint density at radius 3 is 2.34 bits per heavy atom. The Morgan fingerprint density at radius 1 is 1.12 bits per heavy atom. The highest BCUT2D eigenvalue weighted by Crippen LogP contribution is 2.35. The van der Waals surface area contributed by atoms with Gasteiger partial charge in [-0.05, 0) is 54.5 Å². The first-order valence-electron chi connectivity index (χ1n) is 11.0. The molecule has 0 saturated carbocycles. The third-order valence-electron chi connectivity index (χ3n) is 6.62. The summed E-state index contributed by atoms with van der Waals surface area (Å²) in [6.07, 6.45) is 2.70. The molecule has 3 amide bonds. The maximum atomic E-state index is 12.9. The molecule has 2 aromatic carbocycles. The summed E-state index contributed by atoms with van der Waals surface area (Å²) < 4.78 is 5.21. The molecule has 7 heteroatoms. The van der Waals surface area contributed by atoms with Gasteiger partial charge in [0.05, 0.1) is 12.5 Å². The topological polar surface area (TPSA) is 102 Å². The number of methoxy groups -OCH3 is 1. The Morgan fingerprint density at radius 2 is 1.78 bits per heavy atom. The SMILES string of the molecule is COc1ccc(-c2ccc(C[C@@]3(C(N)=O)CCCN(C(=O)[C@H]4CCC(=O)N4)C3)cc2)cc1. The molecule has 2 aromatic rings. The molecule has 32 heavy (non-hydrogen) atoms. The number of nitrogens with one attached hydrogen (secondary N) is 1. The van der Waals surface area contributed by atoms with Gasteiger partial charge in [-0.25, -0.2) is 0 Å². The van der Waals surface area contributed by atoms with Crippen molar-refractivity contribution in [3.63, 3.8) is 0 Å². The molecule has 2 aliphatic rings. The van der Waals surface area contributed by atoms with E-state index in [-0.39, 0.29) is 24.3 Å². The molecule has 0 unspecified atom stereocenters. The van der Waals surface area contributed by atoms with Crippen LogP contribution in [-0.4, -0.2) is 48.9 Å². The van der Waals surface area contributed by atoms with Crippen molar-refractivity contribution in [1.82, 2.24) is 10.2 Å². The number of amides is 3. The minimum atomic E-state index is -0.807. The van der Waals surface area contributed by atoms with Gasteiger partial charge in [0.25, 0.3) is 0 Å². The molecule has 2 fully saturated rings. The molecule has 168 valence electrons. The van der Waals surface area contributed by atoms with Crippen LogP contribution < -0.4 is 15.8 Å². The minimum absolute atomic E-state index is 0.0986. The Hall–Kier alpha value is -3.35. The second-order valence-electron chi connectivity index (χ2n) is 8.77. The van der Waals surface area contributed by atoms with Crippen molar-refractivity contribution in [3.05, 3.63) is 54.1 Å². The van der Waals surface area contributed by atoms with E-state index in [0.717, 1.165) is 22.4 Å². The fourth-order valence-corrected chi connectivity index (χ4v) is 4.76. The quantitative estimate of drug-likeness (QED) is 0.727. The lowest BCUT2D eigenvalue weighted by Gasteiger charge is -2.41. The molecule has 0 bridgehead atoms. The third-order valence-corrected chi connectivity index (χ3v) is 6.62. The third kappa shape index (κ3) is 4.47. The monoisotopic (exact) mass is 435 g/mol. The number of hydrogen-bond acceptors (Lipinski definition) is 4. The predicted octanol–water partition coefficient (Wildman–Crippen LogP) is 2.28. The van der Waals surface area contributed by atoms with Crippen LogP contribution in [0, 0.1) is 5.41 Å². The number of rotatable bonds is 6. The number of nitrogens with zero attached hydrogens (tertiary/aromatic N) is 1. The molecule has 2 aliphatic heterocycles. The highest BCUT2D eigenvalue weighted by atomic mass is 16.5. The van der Waals surface area contributed by atoms with Crippen LogP contribution in [0.25, 0.3) is 11.1 Å². The summed E-state index contributed by atoms with van der Waals surface area (Å²) in [6, 6.07) is 15.5. The highest BCUT2D eigenvalue weighted by Gasteiger charge is 2.43. The largest absolute Gasteiger partial charge is 0.497 e. The molecule has 0 spiro atoms. The van der Waals surface area contributed by atoms with Gasteiger partial charge in [0.1, 0.15) is 11.8 Å². The van der Waals surface area contributed by atoms with Gasteiger partial charge in [0.15, 0.2) is 0 Å². The maximum absolute atomic E-state index is 12.9. The van der Waals surface area contributed by atoms with Crippen LogP contribution in [0.5, 0.6) is 5.75 Å². The highest BCUT2D eigenvalue weighted by molar-refractivity contribution is 5.91. The summed E-state index contributed by atoms with van der Waals surface area (Å²) in [6.45, 7) is 0.865. The fraction of sp³-hybridized carbons (Fsp3) is 0.400. The Kier molecular flexibility index (Phi) is 6.17. The maximum Gasteiger partial charge on any atom is 0.245 e. The van der Waals surface area contributed by atoms with E-state index in [1.807, 2.05) is 48.5 Å². The van der Waals surface area contributed by atoms with Crippen LogP contribution >= 0.6 is 0 Å². The summed E-state index contributed by atoms with van der Waals surface area (Å²) >= 11 is 0. The van der Waals surface area contributed by atoms with Crippen LogP contribution in [0.15, 0.2) is 48.5 Å². The van der Waals surface area contributed by atoms with E-state index >= 15 is 0 Å². The summed E-state index contributed by atoms with van der Waals surface area (Å²) in [5, 5.41) is 2.73. The van der Waals surface area contributed by atoms with Gasteiger partial charge in [-0.1, -0.05) is 36.4 Å². The second kappa shape index (κ2) is 9.02. The van der Waals surface area contributed by atoms with E-state index in [1.165, 1.54) is 0 Å². The molecule has 4 rings (SSSR count). The second-order valence-corrected chi connectivity index (χ2v) is 8.77. The average molecular weight is 436 g/mol. The molecule has 2 atom stereocenters. The van der Waals surface area contributed by atoms with Gasteiger partial charge in [-0.15, -0.1) is 0 Å². The standard InChI is InChI=1S/C25H29N3O4/c1-32-20-9-7-19(8-10-20)18-5-3-17(4-6-18)15-25(24(26)31)13-2-14-28(16-25)23(30)21-11-12-22(29)27-21/h3-10,21H,2,11-16H2,1H3,(H2,26,31)(H,27,29)/t21-,25+/m1/s1. The molecule has 7 nitrogen and oxygen atoms in total. The van der Waals surface area contributed by atoms with Gasteiger partial charge in [-0.3, -0.25) is 14.4 Å². The minimum Gasteiger partial charge on any atom is -0.497 e. The molecule has 0 radical (unpaired) electrons. The number of carbonyl (C=O) groups excluding carboxylic acids is 3. The van der Waals surface area contributed by atoms with E-state index in [4.69, 9.17) is 10.5 Å². The zero-order chi connectivity index (χ0) is 22.7. The van der Waals surface area contributed by atoms with Crippen LogP contribution in [0.3, 0.4) is 0 Å². The zero-order valence-electron chi connectivity index (χ0n) is 18.3. The van der Waals surface area contributed by atoms with Crippen molar-refractivity contribution in [2.24, 2.45) is 11.1 Å². The van der Waals surface area contributed by atoms with E-state index < -0.39 is 11.5 Å². The van der Waals surface area contributed by atoms with E-state index in [2.05, 4.69) is 5.32 Å². The summed E-state index contributed by atoms with van der Waals surface area (Å²) in [5.74, 6) is 0.210. The fourth-order valence-electron chi connectivity index (χ4n) is 4.76. The summed E-state index contributed by atoms with van der Waals surface area (Å²) in [7, 11) is 1.64. The molecular formula is C25H29N3O4. The van der Waals surface area contributed by atoms with E-state index in [1.54, 1.807) is 12.0 Å². The van der Waals surface area contributed by atoms with Crippen molar-refractivity contribution in [1.29, 1.82) is 0 Å². The van der Waals surface area contributed by atoms with E-state index in [0.29, 0.717) is 38.6 Å². The molecule has 0 aromatic heterocycles. The molecular weight excluding hydrogens is 406 g/mol. The molecule has 3 N–H and O–H groups in total. The number of piperidine rings is 1. The number of benzene rings is 2. The molecule has 0 aliphatic carbocycles. The van der Waals surface area contributed by atoms with Crippen molar-refractivity contribution >= 4 is 17.7 Å². The van der Waals surface area contributed by atoms with Crippen LogP contribution in [-0.2, 0) is 20.8 Å². The summed E-state index contributed by atoms with van der Waals surface area (Å²) in [4.78, 5) is 38.7. The predicted molar refractivity (Wildman–Crippen MR) is 121 cm³/mol. The average Bonchev–Trinajstić information content (AvgIpc) is 3.25. The van der Waals surface area contributed by atoms with Gasteiger partial charge < -0.3 is 20.7 Å². The van der Waals surface area contributed by atoms with Crippen molar-refractivity contribution in [3.8, 4) is 16.9 Å². The first-order chi connectivity index (χ1) is 15.4. The van der Waals surface area contributed by atoms with Crippen molar-refractivity contribution < 1.29 is 19.1 Å². The normalized spacial score (nSPS) is 23.0. The number of ether oxygens (including phenoxy) is 1. The van der Waals surface area contributed by atoms with Crippen LogP contribution in [0.4, 0.5) is 0 Å².